The Bertz CT molecular complexity index is 261. The molecule has 3 heteroatoms. The van der Waals surface area contributed by atoms with Crippen molar-refractivity contribution in [2.45, 2.75) is 27.2 Å². The van der Waals surface area contributed by atoms with Gasteiger partial charge in [-0.1, -0.05) is 44.0 Å². The van der Waals surface area contributed by atoms with E-state index in [0.29, 0.717) is 22.4 Å². The van der Waals surface area contributed by atoms with Gasteiger partial charge in [-0.2, -0.15) is 0 Å². The average Bonchev–Trinajstić information content (AvgIpc) is 2.20. The van der Waals surface area contributed by atoms with Crippen LogP contribution in [-0.2, 0) is 0 Å². The largest absolute Gasteiger partial charge is 0.492 e. The lowest BCUT2D eigenvalue weighted by Gasteiger charge is -2.05. The van der Waals surface area contributed by atoms with Gasteiger partial charge in [0.2, 0.25) is 0 Å². The Hall–Kier alpha value is -0.400. The smallest absolute Gasteiger partial charge is 0.137 e. The molecule has 1 rings (SSSR count). The highest BCUT2D eigenvalue weighted by Crippen LogP contribution is 2.27. The molecule has 0 saturated heterocycles. The number of rotatable bonds is 3. The third-order valence-electron chi connectivity index (χ3n) is 1.36. The van der Waals surface area contributed by atoms with Crippen LogP contribution >= 0.6 is 23.2 Å². The fourth-order valence-electron chi connectivity index (χ4n) is 0.804. The molecule has 1 aromatic rings. The number of ether oxygens (including phenoxy) is 1. The van der Waals surface area contributed by atoms with E-state index >= 15 is 0 Å². The fourth-order valence-corrected chi connectivity index (χ4v) is 1.27. The minimum absolute atomic E-state index is 0.566. The summed E-state index contributed by atoms with van der Waals surface area (Å²) in [4.78, 5) is 0. The summed E-state index contributed by atoms with van der Waals surface area (Å²) in [7, 11) is 0. The third kappa shape index (κ3) is 4.73. The van der Waals surface area contributed by atoms with Gasteiger partial charge in [-0.15, -0.1) is 0 Å². The Labute approximate surface area is 96.0 Å². The molecule has 0 bridgehead atoms. The molecule has 0 aliphatic rings. The van der Waals surface area contributed by atoms with Gasteiger partial charge < -0.3 is 4.74 Å². The molecule has 1 aromatic carbocycles. The lowest BCUT2D eigenvalue weighted by molar-refractivity contribution is 0.317. The zero-order chi connectivity index (χ0) is 11.0. The van der Waals surface area contributed by atoms with E-state index in [4.69, 9.17) is 27.9 Å². The summed E-state index contributed by atoms with van der Waals surface area (Å²) in [5.41, 5.74) is 0. The summed E-state index contributed by atoms with van der Waals surface area (Å²) in [6, 6.07) is 5.22. The summed E-state index contributed by atoms with van der Waals surface area (Å²) in [5.74, 6) is 0.697. The predicted molar refractivity (Wildman–Crippen MR) is 63.6 cm³/mol. The molecular weight excluding hydrogens is 219 g/mol. The molecule has 0 aliphatic carbocycles. The van der Waals surface area contributed by atoms with Gasteiger partial charge in [0.1, 0.15) is 5.75 Å². The van der Waals surface area contributed by atoms with Crippen LogP contribution in [0, 0.1) is 0 Å². The lowest BCUT2D eigenvalue weighted by Crippen LogP contribution is -1.94. The molecule has 0 spiro atoms. The van der Waals surface area contributed by atoms with Crippen molar-refractivity contribution in [3.8, 4) is 5.75 Å². The van der Waals surface area contributed by atoms with E-state index in [9.17, 15) is 0 Å². The summed E-state index contributed by atoms with van der Waals surface area (Å²) in [6.45, 7) is 6.73. The van der Waals surface area contributed by atoms with E-state index in [1.54, 1.807) is 18.2 Å². The second-order valence-electron chi connectivity index (χ2n) is 2.42. The van der Waals surface area contributed by atoms with Crippen molar-refractivity contribution in [2.75, 3.05) is 6.61 Å². The maximum Gasteiger partial charge on any atom is 0.137 e. The summed E-state index contributed by atoms with van der Waals surface area (Å²) in [6.07, 6.45) is 0.971. The van der Waals surface area contributed by atoms with Crippen molar-refractivity contribution in [3.05, 3.63) is 28.2 Å². The molecule has 1 nitrogen and oxygen atoms in total. The van der Waals surface area contributed by atoms with Gasteiger partial charge in [-0.05, 0) is 24.6 Å². The molecule has 80 valence electrons. The number of halogens is 2. The van der Waals surface area contributed by atoms with Crippen molar-refractivity contribution in [1.29, 1.82) is 0 Å². The molecule has 0 fully saturated rings. The van der Waals surface area contributed by atoms with E-state index in [-0.39, 0.29) is 0 Å². The van der Waals surface area contributed by atoms with E-state index in [0.717, 1.165) is 6.42 Å². The minimum atomic E-state index is 0.566. The maximum absolute atomic E-state index is 5.86. The van der Waals surface area contributed by atoms with Gasteiger partial charge in [0, 0.05) is 5.02 Å². The molecule has 14 heavy (non-hydrogen) atoms. The molecular formula is C11H16Cl2O. The van der Waals surface area contributed by atoms with Gasteiger partial charge in [0.15, 0.2) is 0 Å². The predicted octanol–water partition coefficient (Wildman–Crippen LogP) is 4.81. The standard InChI is InChI=1S/C9H10Cl2O.C2H6/c1-2-5-12-9-4-3-7(10)6-8(9)11;1-2/h3-4,6H,2,5H2,1H3;1-2H3. The second kappa shape index (κ2) is 7.95. The van der Waals surface area contributed by atoms with Crippen molar-refractivity contribution in [2.24, 2.45) is 0 Å². The van der Waals surface area contributed by atoms with Crippen LogP contribution < -0.4 is 4.74 Å². The first-order valence-corrected chi connectivity index (χ1v) is 5.57. The van der Waals surface area contributed by atoms with Crippen LogP contribution in [0.2, 0.25) is 10.0 Å². The quantitative estimate of drug-likeness (QED) is 0.730. The van der Waals surface area contributed by atoms with Crippen LogP contribution in [0.5, 0.6) is 5.75 Å². The Kier molecular flexibility index (Phi) is 7.73. The molecule has 0 saturated carbocycles. The molecule has 0 amide bonds. The molecule has 0 radical (unpaired) electrons. The minimum Gasteiger partial charge on any atom is -0.492 e. The van der Waals surface area contributed by atoms with Crippen molar-refractivity contribution < 1.29 is 4.74 Å². The Morgan fingerprint density at radius 3 is 2.36 bits per heavy atom. The highest BCUT2D eigenvalue weighted by atomic mass is 35.5. The Morgan fingerprint density at radius 1 is 1.21 bits per heavy atom. The molecule has 0 heterocycles. The zero-order valence-corrected chi connectivity index (χ0v) is 10.3. The first-order valence-electron chi connectivity index (χ1n) is 4.82. The molecule has 0 unspecified atom stereocenters. The van der Waals surface area contributed by atoms with Crippen LogP contribution in [0.3, 0.4) is 0 Å². The molecule has 0 aliphatic heterocycles. The maximum atomic E-state index is 5.86. The summed E-state index contributed by atoms with van der Waals surface area (Å²) < 4.78 is 5.35. The average molecular weight is 235 g/mol. The molecule has 0 atom stereocenters. The highest BCUT2D eigenvalue weighted by Gasteiger charge is 2.00. The summed E-state index contributed by atoms with van der Waals surface area (Å²) in [5, 5.41) is 1.19. The van der Waals surface area contributed by atoms with Crippen LogP contribution in [-0.4, -0.2) is 6.61 Å². The van der Waals surface area contributed by atoms with E-state index in [1.807, 2.05) is 20.8 Å². The highest BCUT2D eigenvalue weighted by molar-refractivity contribution is 6.35. The Morgan fingerprint density at radius 2 is 1.86 bits per heavy atom. The molecule has 0 N–H and O–H groups in total. The van der Waals surface area contributed by atoms with Crippen LogP contribution in [0.15, 0.2) is 18.2 Å². The van der Waals surface area contributed by atoms with E-state index in [1.165, 1.54) is 0 Å². The first-order chi connectivity index (χ1) is 6.74. The Balaban J connectivity index is 0.000000791. The van der Waals surface area contributed by atoms with Crippen LogP contribution in [0.4, 0.5) is 0 Å². The number of hydrogen-bond donors (Lipinski definition) is 0. The van der Waals surface area contributed by atoms with Crippen molar-refractivity contribution in [3.63, 3.8) is 0 Å². The van der Waals surface area contributed by atoms with E-state index < -0.39 is 0 Å². The molecule has 0 aromatic heterocycles. The SMILES string of the molecule is CC.CCCOc1ccc(Cl)cc1Cl. The van der Waals surface area contributed by atoms with Gasteiger partial charge in [0.25, 0.3) is 0 Å². The second-order valence-corrected chi connectivity index (χ2v) is 3.27. The van der Waals surface area contributed by atoms with Gasteiger partial charge in [0.05, 0.1) is 11.6 Å². The zero-order valence-electron chi connectivity index (χ0n) is 8.81. The van der Waals surface area contributed by atoms with E-state index in [2.05, 4.69) is 0 Å². The third-order valence-corrected chi connectivity index (χ3v) is 1.89. The number of benzene rings is 1. The van der Waals surface area contributed by atoms with Crippen LogP contribution in [0.1, 0.15) is 27.2 Å². The first kappa shape index (κ1) is 13.6. The monoisotopic (exact) mass is 234 g/mol. The number of hydrogen-bond acceptors (Lipinski definition) is 1. The van der Waals surface area contributed by atoms with Gasteiger partial charge in [-0.25, -0.2) is 0 Å². The summed E-state index contributed by atoms with van der Waals surface area (Å²) >= 11 is 11.6. The normalized spacial score (nSPS) is 8.93. The fraction of sp³-hybridized carbons (Fsp3) is 0.455. The van der Waals surface area contributed by atoms with Crippen LogP contribution in [0.25, 0.3) is 0 Å². The van der Waals surface area contributed by atoms with Crippen molar-refractivity contribution >= 4 is 23.2 Å². The topological polar surface area (TPSA) is 9.23 Å². The lowest BCUT2D eigenvalue weighted by atomic mass is 10.3. The van der Waals surface area contributed by atoms with Gasteiger partial charge in [-0.3, -0.25) is 0 Å². The van der Waals surface area contributed by atoms with Crippen molar-refractivity contribution in [1.82, 2.24) is 0 Å². The van der Waals surface area contributed by atoms with Gasteiger partial charge >= 0.3 is 0 Å².